The summed E-state index contributed by atoms with van der Waals surface area (Å²) < 4.78 is 9.20. The van der Waals surface area contributed by atoms with Crippen LogP contribution in [0.2, 0.25) is 5.15 Å². The van der Waals surface area contributed by atoms with Gasteiger partial charge in [-0.3, -0.25) is 4.79 Å². The molecule has 22 heavy (non-hydrogen) atoms. The Balaban J connectivity index is 1.69. The first-order chi connectivity index (χ1) is 10.6. The Morgan fingerprint density at radius 3 is 2.77 bits per heavy atom. The SMILES string of the molecule is Cc1occc1C(=O)N1CCN(c2snc(Cl)c2C#N)CC1. The lowest BCUT2D eigenvalue weighted by Crippen LogP contribution is -2.48. The third-order valence-electron chi connectivity index (χ3n) is 3.69. The zero-order valence-corrected chi connectivity index (χ0v) is 13.4. The Morgan fingerprint density at radius 2 is 2.18 bits per heavy atom. The van der Waals surface area contributed by atoms with Gasteiger partial charge in [-0.1, -0.05) is 11.6 Å². The summed E-state index contributed by atoms with van der Waals surface area (Å²) in [4.78, 5) is 16.3. The number of amides is 1. The maximum absolute atomic E-state index is 12.4. The number of hydrogen-bond acceptors (Lipinski definition) is 6. The molecule has 0 bridgehead atoms. The minimum Gasteiger partial charge on any atom is -0.469 e. The summed E-state index contributed by atoms with van der Waals surface area (Å²) in [5, 5.41) is 10.2. The molecule has 0 atom stereocenters. The number of aryl methyl sites for hydroxylation is 1. The topological polar surface area (TPSA) is 73.4 Å². The highest BCUT2D eigenvalue weighted by Crippen LogP contribution is 2.31. The van der Waals surface area contributed by atoms with Crippen LogP contribution in [0.25, 0.3) is 0 Å². The van der Waals surface area contributed by atoms with Gasteiger partial charge in [0.05, 0.1) is 11.8 Å². The number of nitriles is 1. The molecule has 0 unspecified atom stereocenters. The molecule has 8 heteroatoms. The zero-order valence-electron chi connectivity index (χ0n) is 11.9. The molecule has 0 aromatic carbocycles. The van der Waals surface area contributed by atoms with E-state index >= 15 is 0 Å². The van der Waals surface area contributed by atoms with Crippen molar-refractivity contribution < 1.29 is 9.21 Å². The third kappa shape index (κ3) is 2.56. The molecular formula is C14H13ClN4O2S. The van der Waals surface area contributed by atoms with E-state index in [0.29, 0.717) is 43.1 Å². The van der Waals surface area contributed by atoms with Crippen LogP contribution in [0.5, 0.6) is 0 Å². The number of rotatable bonds is 2. The minimum absolute atomic E-state index is 0.0197. The van der Waals surface area contributed by atoms with Crippen LogP contribution >= 0.6 is 23.1 Å². The van der Waals surface area contributed by atoms with Crippen LogP contribution in [-0.2, 0) is 0 Å². The lowest BCUT2D eigenvalue weighted by Gasteiger charge is -2.35. The first kappa shape index (κ1) is 14.9. The van der Waals surface area contributed by atoms with Gasteiger partial charge in [-0.15, -0.1) is 0 Å². The van der Waals surface area contributed by atoms with Crippen LogP contribution in [0.3, 0.4) is 0 Å². The third-order valence-corrected chi connectivity index (χ3v) is 4.97. The average molecular weight is 337 g/mol. The van der Waals surface area contributed by atoms with Crippen LogP contribution in [0.1, 0.15) is 21.7 Å². The van der Waals surface area contributed by atoms with Crippen molar-refractivity contribution in [3.8, 4) is 6.07 Å². The molecule has 1 aliphatic heterocycles. The van der Waals surface area contributed by atoms with E-state index < -0.39 is 0 Å². The quantitative estimate of drug-likeness (QED) is 0.842. The number of aromatic nitrogens is 1. The highest BCUT2D eigenvalue weighted by atomic mass is 35.5. The monoisotopic (exact) mass is 336 g/mol. The number of anilines is 1. The van der Waals surface area contributed by atoms with Gasteiger partial charge in [-0.2, -0.15) is 9.64 Å². The van der Waals surface area contributed by atoms with E-state index in [9.17, 15) is 4.79 Å². The van der Waals surface area contributed by atoms with Crippen LogP contribution < -0.4 is 4.90 Å². The smallest absolute Gasteiger partial charge is 0.257 e. The standard InChI is InChI=1S/C14H13ClN4O2S/c1-9-10(2-7-21-9)13(20)18-3-5-19(6-4-18)14-11(8-16)12(15)17-22-14/h2,7H,3-6H2,1H3. The van der Waals surface area contributed by atoms with Crippen molar-refractivity contribution in [2.75, 3.05) is 31.1 Å². The van der Waals surface area contributed by atoms with Crippen molar-refractivity contribution in [1.29, 1.82) is 5.26 Å². The molecular weight excluding hydrogens is 324 g/mol. The number of furan rings is 1. The molecule has 6 nitrogen and oxygen atoms in total. The fraction of sp³-hybridized carbons (Fsp3) is 0.357. The molecule has 3 rings (SSSR count). The normalized spacial score (nSPS) is 15.0. The van der Waals surface area contributed by atoms with Crippen molar-refractivity contribution in [3.05, 3.63) is 34.4 Å². The van der Waals surface area contributed by atoms with Crippen molar-refractivity contribution >= 4 is 34.0 Å². The van der Waals surface area contributed by atoms with Crippen molar-refractivity contribution in [1.82, 2.24) is 9.27 Å². The predicted molar refractivity (Wildman–Crippen MR) is 83.4 cm³/mol. The van der Waals surface area contributed by atoms with E-state index in [4.69, 9.17) is 21.3 Å². The summed E-state index contributed by atoms with van der Waals surface area (Å²) in [5.41, 5.74) is 1.02. The van der Waals surface area contributed by atoms with Gasteiger partial charge in [-0.25, -0.2) is 0 Å². The van der Waals surface area contributed by atoms with Gasteiger partial charge in [0.1, 0.15) is 22.4 Å². The van der Waals surface area contributed by atoms with Crippen LogP contribution in [0.15, 0.2) is 16.7 Å². The number of hydrogen-bond donors (Lipinski definition) is 0. The van der Waals surface area contributed by atoms with E-state index in [-0.39, 0.29) is 11.1 Å². The Bertz CT molecular complexity index is 740. The van der Waals surface area contributed by atoms with Crippen molar-refractivity contribution in [2.24, 2.45) is 0 Å². The molecule has 1 saturated heterocycles. The molecule has 2 aromatic rings. The molecule has 0 aliphatic carbocycles. The summed E-state index contributed by atoms with van der Waals surface area (Å²) in [6.45, 7) is 4.25. The van der Waals surface area contributed by atoms with Gasteiger partial charge < -0.3 is 14.2 Å². The Labute approximate surface area is 136 Å². The van der Waals surface area contributed by atoms with Crippen LogP contribution in [0, 0.1) is 18.3 Å². The molecule has 1 fully saturated rings. The summed E-state index contributed by atoms with van der Waals surface area (Å²) in [6, 6.07) is 3.78. The highest BCUT2D eigenvalue weighted by molar-refractivity contribution is 7.10. The Kier molecular flexibility index (Phi) is 4.05. The molecule has 0 radical (unpaired) electrons. The van der Waals surface area contributed by atoms with Crippen molar-refractivity contribution in [2.45, 2.75) is 6.92 Å². The van der Waals surface area contributed by atoms with E-state index in [1.54, 1.807) is 17.9 Å². The number of halogens is 1. The number of piperazine rings is 1. The van der Waals surface area contributed by atoms with Gasteiger partial charge in [0.25, 0.3) is 5.91 Å². The van der Waals surface area contributed by atoms with E-state index in [0.717, 1.165) is 5.00 Å². The molecule has 2 aromatic heterocycles. The average Bonchev–Trinajstić information content (AvgIpc) is 3.12. The van der Waals surface area contributed by atoms with E-state index in [1.807, 2.05) is 4.90 Å². The molecule has 0 saturated carbocycles. The van der Waals surface area contributed by atoms with Crippen LogP contribution in [0.4, 0.5) is 5.00 Å². The predicted octanol–water partition coefficient (Wildman–Crippen LogP) is 2.53. The summed E-state index contributed by atoms with van der Waals surface area (Å²) in [6.07, 6.45) is 1.53. The number of carbonyl (C=O) groups is 1. The molecule has 1 amide bonds. The maximum atomic E-state index is 12.4. The second-order valence-corrected chi connectivity index (χ2v) is 6.04. The molecule has 0 spiro atoms. The summed E-state index contributed by atoms with van der Waals surface area (Å²) >= 11 is 7.12. The van der Waals surface area contributed by atoms with Gasteiger partial charge >= 0.3 is 0 Å². The maximum Gasteiger partial charge on any atom is 0.257 e. The van der Waals surface area contributed by atoms with Gasteiger partial charge in [0.15, 0.2) is 5.15 Å². The zero-order chi connectivity index (χ0) is 15.7. The van der Waals surface area contributed by atoms with E-state index in [2.05, 4.69) is 10.4 Å². The lowest BCUT2D eigenvalue weighted by molar-refractivity contribution is 0.0745. The Hall–Kier alpha value is -2.04. The fourth-order valence-electron chi connectivity index (χ4n) is 2.46. The van der Waals surface area contributed by atoms with Crippen molar-refractivity contribution in [3.63, 3.8) is 0 Å². The number of nitrogens with zero attached hydrogens (tertiary/aromatic N) is 4. The second-order valence-electron chi connectivity index (χ2n) is 4.94. The number of carbonyl (C=O) groups excluding carboxylic acids is 1. The first-order valence-corrected chi connectivity index (χ1v) is 7.90. The molecule has 1 aliphatic rings. The molecule has 0 N–H and O–H groups in total. The largest absolute Gasteiger partial charge is 0.469 e. The van der Waals surface area contributed by atoms with Gasteiger partial charge in [0, 0.05) is 26.2 Å². The minimum atomic E-state index is -0.0197. The summed E-state index contributed by atoms with van der Waals surface area (Å²) in [7, 11) is 0. The fourth-order valence-corrected chi connectivity index (χ4v) is 3.54. The highest BCUT2D eigenvalue weighted by Gasteiger charge is 2.27. The molecule has 3 heterocycles. The van der Waals surface area contributed by atoms with Gasteiger partial charge in [-0.05, 0) is 24.5 Å². The Morgan fingerprint density at radius 1 is 1.45 bits per heavy atom. The van der Waals surface area contributed by atoms with E-state index in [1.165, 1.54) is 17.8 Å². The van der Waals surface area contributed by atoms with Gasteiger partial charge in [0.2, 0.25) is 0 Å². The summed E-state index contributed by atoms with van der Waals surface area (Å²) in [5.74, 6) is 0.613. The first-order valence-electron chi connectivity index (χ1n) is 6.75. The van der Waals surface area contributed by atoms with Crippen LogP contribution in [-0.4, -0.2) is 41.4 Å². The lowest BCUT2D eigenvalue weighted by atomic mass is 10.2. The molecule has 114 valence electrons. The second kappa shape index (κ2) is 5.99.